The van der Waals surface area contributed by atoms with Gasteiger partial charge in [0.2, 0.25) is 0 Å². The van der Waals surface area contributed by atoms with Gasteiger partial charge in [0, 0.05) is 10.5 Å². The van der Waals surface area contributed by atoms with Gasteiger partial charge >= 0.3 is 0 Å². The molecule has 1 saturated heterocycles. The minimum Gasteiger partial charge on any atom is -0.387 e. The number of hydrogen-bond donors (Lipinski definition) is 2. The fourth-order valence-corrected chi connectivity index (χ4v) is 2.73. The van der Waals surface area contributed by atoms with Gasteiger partial charge in [-0.15, -0.1) is 0 Å². The standard InChI is InChI=1S/C13H18BrNO/c1-9-5-6-15-12(7-9)13(16)10-3-2-4-11(14)8-10/h2-4,8-9,12-13,15-16H,5-7H2,1H3. The molecule has 2 nitrogen and oxygen atoms in total. The second-order valence-corrected chi connectivity index (χ2v) is 5.61. The summed E-state index contributed by atoms with van der Waals surface area (Å²) in [5.41, 5.74) is 0.987. The highest BCUT2D eigenvalue weighted by Crippen LogP contribution is 2.27. The van der Waals surface area contributed by atoms with Gasteiger partial charge < -0.3 is 10.4 Å². The van der Waals surface area contributed by atoms with Crippen molar-refractivity contribution in [3.8, 4) is 0 Å². The van der Waals surface area contributed by atoms with Gasteiger partial charge in [-0.1, -0.05) is 35.0 Å². The topological polar surface area (TPSA) is 32.3 Å². The monoisotopic (exact) mass is 283 g/mol. The summed E-state index contributed by atoms with van der Waals surface area (Å²) in [5, 5.41) is 13.7. The summed E-state index contributed by atoms with van der Waals surface area (Å²) in [6, 6.07) is 8.11. The minimum atomic E-state index is -0.403. The Balaban J connectivity index is 2.09. The van der Waals surface area contributed by atoms with E-state index in [0.717, 1.165) is 23.0 Å². The number of piperidine rings is 1. The van der Waals surface area contributed by atoms with E-state index < -0.39 is 6.10 Å². The fraction of sp³-hybridized carbons (Fsp3) is 0.538. The van der Waals surface area contributed by atoms with Crippen LogP contribution in [0, 0.1) is 5.92 Å². The van der Waals surface area contributed by atoms with E-state index >= 15 is 0 Å². The highest BCUT2D eigenvalue weighted by molar-refractivity contribution is 9.10. The Kier molecular flexibility index (Phi) is 4.00. The van der Waals surface area contributed by atoms with Crippen molar-refractivity contribution in [1.82, 2.24) is 5.32 Å². The maximum Gasteiger partial charge on any atom is 0.0943 e. The molecule has 0 amide bonds. The van der Waals surface area contributed by atoms with Crippen molar-refractivity contribution in [2.24, 2.45) is 5.92 Å². The average molecular weight is 284 g/mol. The first-order chi connectivity index (χ1) is 7.66. The van der Waals surface area contributed by atoms with E-state index in [1.807, 2.05) is 24.3 Å². The average Bonchev–Trinajstić information content (AvgIpc) is 2.28. The molecule has 2 rings (SSSR count). The molecule has 0 spiro atoms. The largest absolute Gasteiger partial charge is 0.387 e. The van der Waals surface area contributed by atoms with E-state index in [4.69, 9.17) is 0 Å². The van der Waals surface area contributed by atoms with Gasteiger partial charge in [-0.25, -0.2) is 0 Å². The van der Waals surface area contributed by atoms with Crippen molar-refractivity contribution in [2.75, 3.05) is 6.54 Å². The van der Waals surface area contributed by atoms with Crippen molar-refractivity contribution < 1.29 is 5.11 Å². The van der Waals surface area contributed by atoms with Gasteiger partial charge in [0.25, 0.3) is 0 Å². The molecule has 1 heterocycles. The summed E-state index contributed by atoms with van der Waals surface area (Å²) in [4.78, 5) is 0. The zero-order valence-electron chi connectivity index (χ0n) is 9.49. The molecular formula is C13H18BrNO. The molecule has 3 atom stereocenters. The minimum absolute atomic E-state index is 0.193. The van der Waals surface area contributed by atoms with Crippen LogP contribution in [0.4, 0.5) is 0 Å². The van der Waals surface area contributed by atoms with Crippen LogP contribution in [-0.2, 0) is 0 Å². The van der Waals surface area contributed by atoms with Gasteiger partial charge in [-0.3, -0.25) is 0 Å². The molecule has 0 saturated carbocycles. The Bertz CT molecular complexity index is 356. The number of rotatable bonds is 2. The lowest BCUT2D eigenvalue weighted by atomic mass is 9.89. The van der Waals surface area contributed by atoms with Crippen molar-refractivity contribution in [2.45, 2.75) is 31.9 Å². The van der Waals surface area contributed by atoms with Gasteiger partial charge in [-0.2, -0.15) is 0 Å². The van der Waals surface area contributed by atoms with Gasteiger partial charge in [-0.05, 0) is 43.0 Å². The first-order valence-corrected chi connectivity index (χ1v) is 6.63. The Hall–Kier alpha value is -0.380. The molecule has 0 aliphatic carbocycles. The van der Waals surface area contributed by atoms with Crippen LogP contribution >= 0.6 is 15.9 Å². The van der Waals surface area contributed by atoms with Crippen LogP contribution in [0.5, 0.6) is 0 Å². The molecule has 1 aliphatic rings. The molecule has 16 heavy (non-hydrogen) atoms. The molecule has 88 valence electrons. The third-order valence-corrected chi connectivity index (χ3v) is 3.76. The van der Waals surface area contributed by atoms with Crippen LogP contribution in [0.1, 0.15) is 31.4 Å². The van der Waals surface area contributed by atoms with Crippen LogP contribution < -0.4 is 5.32 Å². The third-order valence-electron chi connectivity index (χ3n) is 3.27. The second-order valence-electron chi connectivity index (χ2n) is 4.69. The van der Waals surface area contributed by atoms with E-state index in [9.17, 15) is 5.11 Å². The molecule has 1 aliphatic heterocycles. The molecule has 3 unspecified atom stereocenters. The summed E-state index contributed by atoms with van der Waals surface area (Å²) in [6.07, 6.45) is 1.86. The summed E-state index contributed by atoms with van der Waals surface area (Å²) < 4.78 is 1.02. The van der Waals surface area contributed by atoms with E-state index in [0.29, 0.717) is 5.92 Å². The molecule has 0 radical (unpaired) electrons. The molecule has 1 fully saturated rings. The molecule has 0 bridgehead atoms. The number of halogens is 1. The lowest BCUT2D eigenvalue weighted by Gasteiger charge is -2.31. The first-order valence-electron chi connectivity index (χ1n) is 5.83. The molecule has 3 heteroatoms. The Morgan fingerprint density at radius 2 is 2.31 bits per heavy atom. The zero-order valence-corrected chi connectivity index (χ0v) is 11.1. The SMILES string of the molecule is CC1CCNC(C(O)c2cccc(Br)c2)C1. The van der Waals surface area contributed by atoms with Crippen LogP contribution in [0.15, 0.2) is 28.7 Å². The predicted octanol–water partition coefficient (Wildman–Crippen LogP) is 2.87. The second kappa shape index (κ2) is 5.30. The molecule has 2 N–H and O–H groups in total. The fourth-order valence-electron chi connectivity index (χ4n) is 2.31. The molecule has 1 aromatic carbocycles. The van der Waals surface area contributed by atoms with Crippen molar-refractivity contribution in [1.29, 1.82) is 0 Å². The number of nitrogens with one attached hydrogen (secondary N) is 1. The molecule has 0 aromatic heterocycles. The number of aliphatic hydroxyl groups excluding tert-OH is 1. The smallest absolute Gasteiger partial charge is 0.0943 e. The molecular weight excluding hydrogens is 266 g/mol. The van der Waals surface area contributed by atoms with Crippen LogP contribution in [0.2, 0.25) is 0 Å². The van der Waals surface area contributed by atoms with Crippen LogP contribution in [0.3, 0.4) is 0 Å². The zero-order chi connectivity index (χ0) is 11.5. The summed E-state index contributed by atoms with van der Waals surface area (Å²) in [7, 11) is 0. The van der Waals surface area contributed by atoms with Gasteiger partial charge in [0.15, 0.2) is 0 Å². The lowest BCUT2D eigenvalue weighted by Crippen LogP contribution is -2.41. The van der Waals surface area contributed by atoms with Crippen molar-refractivity contribution >= 4 is 15.9 Å². The van der Waals surface area contributed by atoms with Crippen LogP contribution in [0.25, 0.3) is 0 Å². The first kappa shape index (κ1) is 12.1. The third kappa shape index (κ3) is 2.84. The number of benzene rings is 1. The Morgan fingerprint density at radius 3 is 3.00 bits per heavy atom. The maximum absolute atomic E-state index is 10.3. The highest BCUT2D eigenvalue weighted by Gasteiger charge is 2.25. The predicted molar refractivity (Wildman–Crippen MR) is 69.3 cm³/mol. The quantitative estimate of drug-likeness (QED) is 0.875. The highest BCUT2D eigenvalue weighted by atomic mass is 79.9. The number of aliphatic hydroxyl groups is 1. The number of hydrogen-bond acceptors (Lipinski definition) is 2. The van der Waals surface area contributed by atoms with E-state index in [1.165, 1.54) is 6.42 Å². The maximum atomic E-state index is 10.3. The van der Waals surface area contributed by atoms with Crippen molar-refractivity contribution in [3.05, 3.63) is 34.3 Å². The normalized spacial score (nSPS) is 27.7. The van der Waals surface area contributed by atoms with Crippen LogP contribution in [-0.4, -0.2) is 17.7 Å². The van der Waals surface area contributed by atoms with E-state index in [-0.39, 0.29) is 6.04 Å². The summed E-state index contributed by atoms with van der Waals surface area (Å²) in [6.45, 7) is 3.26. The van der Waals surface area contributed by atoms with Gasteiger partial charge in [0.05, 0.1) is 6.10 Å². The van der Waals surface area contributed by atoms with Crippen molar-refractivity contribution in [3.63, 3.8) is 0 Å². The van der Waals surface area contributed by atoms with E-state index in [2.05, 4.69) is 28.2 Å². The summed E-state index contributed by atoms with van der Waals surface area (Å²) >= 11 is 3.43. The Labute approximate surface area is 105 Å². The van der Waals surface area contributed by atoms with Gasteiger partial charge in [0.1, 0.15) is 0 Å². The Morgan fingerprint density at radius 1 is 1.50 bits per heavy atom. The summed E-state index contributed by atoms with van der Waals surface area (Å²) in [5.74, 6) is 0.702. The lowest BCUT2D eigenvalue weighted by molar-refractivity contribution is 0.101. The van der Waals surface area contributed by atoms with E-state index in [1.54, 1.807) is 0 Å². The molecule has 1 aromatic rings.